The number of nitrogens with one attached hydrogen (secondary N) is 2. The van der Waals surface area contributed by atoms with Gasteiger partial charge in [0.05, 0.1) is 12.8 Å². The van der Waals surface area contributed by atoms with Crippen molar-refractivity contribution in [2.75, 3.05) is 11.9 Å². The molecule has 1 heterocycles. The molecule has 5 nitrogen and oxygen atoms in total. The highest BCUT2D eigenvalue weighted by atomic mass is 16.2. The second-order valence-corrected chi connectivity index (χ2v) is 4.25. The molecular weight excluding hydrogens is 252 g/mol. The zero-order chi connectivity index (χ0) is 14.2. The number of hydrogen-bond acceptors (Lipinski definition) is 4. The van der Waals surface area contributed by atoms with Crippen molar-refractivity contribution in [2.24, 2.45) is 5.10 Å². The summed E-state index contributed by atoms with van der Waals surface area (Å²) < 4.78 is 0. The Kier molecular flexibility index (Phi) is 4.83. The number of nitrogens with zero attached hydrogens (tertiary/aromatic N) is 2. The van der Waals surface area contributed by atoms with Crippen molar-refractivity contribution in [1.29, 1.82) is 0 Å². The molecule has 0 saturated heterocycles. The summed E-state index contributed by atoms with van der Waals surface area (Å²) in [6.07, 6.45) is 4.90. The summed E-state index contributed by atoms with van der Waals surface area (Å²) in [6, 6.07) is 11.5. The zero-order valence-electron chi connectivity index (χ0n) is 11.2. The summed E-state index contributed by atoms with van der Waals surface area (Å²) in [7, 11) is 0. The lowest BCUT2D eigenvalue weighted by molar-refractivity contribution is -0.119. The van der Waals surface area contributed by atoms with Gasteiger partial charge in [0.25, 0.3) is 5.91 Å². The highest BCUT2D eigenvalue weighted by Gasteiger charge is 2.00. The molecular formula is C15H16N4O. The van der Waals surface area contributed by atoms with Crippen LogP contribution in [0.3, 0.4) is 0 Å². The number of aryl methyl sites for hydroxylation is 1. The predicted molar refractivity (Wildman–Crippen MR) is 79.6 cm³/mol. The molecule has 1 amide bonds. The monoisotopic (exact) mass is 268 g/mol. The van der Waals surface area contributed by atoms with E-state index in [1.54, 1.807) is 18.6 Å². The smallest absolute Gasteiger partial charge is 0.259 e. The van der Waals surface area contributed by atoms with E-state index in [1.165, 1.54) is 0 Å². The molecule has 0 aliphatic carbocycles. The Labute approximate surface area is 117 Å². The van der Waals surface area contributed by atoms with Gasteiger partial charge in [-0.2, -0.15) is 5.10 Å². The van der Waals surface area contributed by atoms with Crippen molar-refractivity contribution < 1.29 is 4.79 Å². The van der Waals surface area contributed by atoms with E-state index in [4.69, 9.17) is 0 Å². The molecule has 0 atom stereocenters. The maximum Gasteiger partial charge on any atom is 0.259 e. The van der Waals surface area contributed by atoms with Crippen LogP contribution in [0, 0.1) is 6.92 Å². The number of benzene rings is 1. The first-order valence-electron chi connectivity index (χ1n) is 6.27. The molecule has 5 heteroatoms. The molecule has 1 aromatic heterocycles. The van der Waals surface area contributed by atoms with Crippen LogP contribution in [0.15, 0.2) is 53.9 Å². The van der Waals surface area contributed by atoms with Crippen LogP contribution >= 0.6 is 0 Å². The Balaban J connectivity index is 1.79. The van der Waals surface area contributed by atoms with Gasteiger partial charge < -0.3 is 5.32 Å². The maximum absolute atomic E-state index is 11.6. The molecule has 0 bridgehead atoms. The van der Waals surface area contributed by atoms with E-state index in [1.807, 2.05) is 43.3 Å². The minimum atomic E-state index is -0.201. The third-order valence-electron chi connectivity index (χ3n) is 2.67. The van der Waals surface area contributed by atoms with Gasteiger partial charge in [0.1, 0.15) is 0 Å². The van der Waals surface area contributed by atoms with Crippen LogP contribution < -0.4 is 10.7 Å². The lowest BCUT2D eigenvalue weighted by Gasteiger charge is -2.07. The molecule has 2 aromatic rings. The van der Waals surface area contributed by atoms with Crippen molar-refractivity contribution in [2.45, 2.75) is 6.92 Å². The lowest BCUT2D eigenvalue weighted by atomic mass is 10.2. The van der Waals surface area contributed by atoms with Crippen molar-refractivity contribution in [3.63, 3.8) is 0 Å². The predicted octanol–water partition coefficient (Wildman–Crippen LogP) is 1.95. The first kappa shape index (κ1) is 13.7. The normalized spacial score (nSPS) is 10.4. The van der Waals surface area contributed by atoms with Gasteiger partial charge in [-0.1, -0.05) is 24.3 Å². The molecule has 0 unspecified atom stereocenters. The van der Waals surface area contributed by atoms with Crippen LogP contribution in [0.5, 0.6) is 0 Å². The van der Waals surface area contributed by atoms with Gasteiger partial charge in [0, 0.05) is 23.6 Å². The van der Waals surface area contributed by atoms with Crippen LogP contribution in [0.4, 0.5) is 5.69 Å². The van der Waals surface area contributed by atoms with E-state index < -0.39 is 0 Å². The van der Waals surface area contributed by atoms with Gasteiger partial charge in [-0.05, 0) is 24.6 Å². The fourth-order valence-corrected chi connectivity index (χ4v) is 1.62. The van der Waals surface area contributed by atoms with Crippen molar-refractivity contribution >= 4 is 17.8 Å². The van der Waals surface area contributed by atoms with Crippen LogP contribution in [0.2, 0.25) is 0 Å². The number of para-hydroxylation sites is 1. The molecule has 2 rings (SSSR count). The third kappa shape index (κ3) is 4.20. The van der Waals surface area contributed by atoms with Crippen LogP contribution in [0.1, 0.15) is 11.1 Å². The number of anilines is 1. The lowest BCUT2D eigenvalue weighted by Crippen LogP contribution is -2.26. The number of amides is 1. The fraction of sp³-hybridized carbons (Fsp3) is 0.133. The first-order chi connectivity index (χ1) is 9.75. The van der Waals surface area contributed by atoms with Crippen LogP contribution in [0.25, 0.3) is 0 Å². The molecule has 2 N–H and O–H groups in total. The van der Waals surface area contributed by atoms with E-state index >= 15 is 0 Å². The topological polar surface area (TPSA) is 66.4 Å². The number of carbonyl (C=O) groups excluding carboxylic acids is 1. The van der Waals surface area contributed by atoms with E-state index in [9.17, 15) is 4.79 Å². The number of aromatic nitrogens is 1. The van der Waals surface area contributed by atoms with Gasteiger partial charge in [0.15, 0.2) is 0 Å². The Bertz CT molecular complexity index is 596. The standard InChI is InChI=1S/C15H16N4O/c1-12-5-2-3-7-14(12)17-11-15(20)19-18-10-13-6-4-8-16-9-13/h2-10,17H,11H2,1H3,(H,19,20)/b18-10+. The maximum atomic E-state index is 11.6. The largest absolute Gasteiger partial charge is 0.376 e. The van der Waals surface area contributed by atoms with Crippen LogP contribution in [-0.2, 0) is 4.79 Å². The molecule has 0 saturated carbocycles. The molecule has 0 fully saturated rings. The average molecular weight is 268 g/mol. The molecule has 0 aliphatic heterocycles. The van der Waals surface area contributed by atoms with Crippen molar-refractivity contribution in [1.82, 2.24) is 10.4 Å². The Morgan fingerprint density at radius 1 is 1.30 bits per heavy atom. The number of hydrogen-bond donors (Lipinski definition) is 2. The molecule has 1 aromatic carbocycles. The summed E-state index contributed by atoms with van der Waals surface area (Å²) >= 11 is 0. The number of carbonyl (C=O) groups is 1. The zero-order valence-corrected chi connectivity index (χ0v) is 11.2. The average Bonchev–Trinajstić information content (AvgIpc) is 2.47. The molecule has 0 spiro atoms. The second kappa shape index (κ2) is 7.04. The van der Waals surface area contributed by atoms with Gasteiger partial charge in [0.2, 0.25) is 0 Å². The van der Waals surface area contributed by atoms with E-state index in [0.29, 0.717) is 0 Å². The Morgan fingerprint density at radius 3 is 2.90 bits per heavy atom. The van der Waals surface area contributed by atoms with E-state index in [0.717, 1.165) is 16.8 Å². The molecule has 20 heavy (non-hydrogen) atoms. The van der Waals surface area contributed by atoms with Gasteiger partial charge in [-0.25, -0.2) is 5.43 Å². The quantitative estimate of drug-likeness (QED) is 0.643. The summed E-state index contributed by atoms with van der Waals surface area (Å²) in [4.78, 5) is 15.6. The van der Waals surface area contributed by atoms with Crippen LogP contribution in [-0.4, -0.2) is 23.7 Å². The van der Waals surface area contributed by atoms with Gasteiger partial charge in [-0.15, -0.1) is 0 Å². The third-order valence-corrected chi connectivity index (χ3v) is 2.67. The summed E-state index contributed by atoms with van der Waals surface area (Å²) in [5, 5.41) is 6.93. The van der Waals surface area contributed by atoms with Gasteiger partial charge >= 0.3 is 0 Å². The van der Waals surface area contributed by atoms with E-state index in [2.05, 4.69) is 20.8 Å². The van der Waals surface area contributed by atoms with Crippen molar-refractivity contribution in [3.8, 4) is 0 Å². The highest BCUT2D eigenvalue weighted by Crippen LogP contribution is 2.12. The molecule has 0 radical (unpaired) electrons. The number of hydrazone groups is 1. The summed E-state index contributed by atoms with van der Waals surface area (Å²) in [5.74, 6) is -0.201. The Morgan fingerprint density at radius 2 is 2.15 bits per heavy atom. The summed E-state index contributed by atoms with van der Waals surface area (Å²) in [5.41, 5.74) is 5.33. The molecule has 0 aliphatic rings. The first-order valence-corrected chi connectivity index (χ1v) is 6.27. The fourth-order valence-electron chi connectivity index (χ4n) is 1.62. The minimum absolute atomic E-state index is 0.176. The van der Waals surface area contributed by atoms with Crippen molar-refractivity contribution in [3.05, 3.63) is 59.9 Å². The SMILES string of the molecule is Cc1ccccc1NCC(=O)N/N=C/c1cccnc1. The Hall–Kier alpha value is -2.69. The number of pyridine rings is 1. The number of rotatable bonds is 5. The highest BCUT2D eigenvalue weighted by molar-refractivity contribution is 5.84. The van der Waals surface area contributed by atoms with Gasteiger partial charge in [-0.3, -0.25) is 9.78 Å². The minimum Gasteiger partial charge on any atom is -0.376 e. The summed E-state index contributed by atoms with van der Waals surface area (Å²) in [6.45, 7) is 2.16. The second-order valence-electron chi connectivity index (χ2n) is 4.25. The molecule has 102 valence electrons. The van der Waals surface area contributed by atoms with E-state index in [-0.39, 0.29) is 12.5 Å².